The van der Waals surface area contributed by atoms with E-state index in [4.69, 9.17) is 0 Å². The van der Waals surface area contributed by atoms with Gasteiger partial charge in [0, 0.05) is 0 Å². The van der Waals surface area contributed by atoms with E-state index in [1.165, 1.54) is 18.4 Å². The molecule has 2 nitrogen and oxygen atoms in total. The summed E-state index contributed by atoms with van der Waals surface area (Å²) in [5, 5.41) is 0. The third-order valence-electron chi connectivity index (χ3n) is 3.82. The third kappa shape index (κ3) is 14.2. The Hall–Kier alpha value is -2.22. The summed E-state index contributed by atoms with van der Waals surface area (Å²) >= 11 is 0. The van der Waals surface area contributed by atoms with E-state index in [9.17, 15) is 9.59 Å². The quantitative estimate of drug-likeness (QED) is 0.202. The van der Waals surface area contributed by atoms with Gasteiger partial charge in [-0.3, -0.25) is 9.59 Å². The molecular weight excluding hydrogens is 320 g/mol. The molecule has 0 aliphatic carbocycles. The number of benzene rings is 1. The van der Waals surface area contributed by atoms with Crippen LogP contribution in [0.3, 0.4) is 0 Å². The summed E-state index contributed by atoms with van der Waals surface area (Å²) in [4.78, 5) is 20.9. The Morgan fingerprint density at radius 2 is 1.65 bits per heavy atom. The molecule has 0 saturated heterocycles. The molecule has 1 aromatic rings. The molecule has 0 aromatic heterocycles. The molecule has 0 amide bonds. The Bertz CT molecular complexity index is 588. The van der Waals surface area contributed by atoms with Crippen molar-refractivity contribution in [2.24, 2.45) is 0 Å². The number of carbonyl (C=O) groups excluding carboxylic acids is 2. The second-order valence-electron chi connectivity index (χ2n) is 6.67. The predicted molar refractivity (Wildman–Crippen MR) is 113 cm³/mol. The second-order valence-corrected chi connectivity index (χ2v) is 6.67. The van der Waals surface area contributed by atoms with Crippen molar-refractivity contribution in [3.8, 4) is 0 Å². The van der Waals surface area contributed by atoms with Gasteiger partial charge >= 0.3 is 0 Å². The van der Waals surface area contributed by atoms with Crippen LogP contribution in [0.2, 0.25) is 0 Å². The second kappa shape index (κ2) is 16.3. The Balaban J connectivity index is 0.000000508. The van der Waals surface area contributed by atoms with Crippen molar-refractivity contribution in [1.29, 1.82) is 0 Å². The monoisotopic (exact) mass is 354 g/mol. The Labute approximate surface area is 159 Å². The minimum Gasteiger partial charge on any atom is -0.299 e. The maximum absolute atomic E-state index is 10.8. The van der Waals surface area contributed by atoms with Crippen LogP contribution in [0.1, 0.15) is 71.8 Å². The van der Waals surface area contributed by atoms with Crippen LogP contribution in [0, 0.1) is 0 Å². The average Bonchev–Trinajstić information content (AvgIpc) is 2.62. The lowest BCUT2D eigenvalue weighted by Gasteiger charge is -1.99. The van der Waals surface area contributed by atoms with Crippen LogP contribution in [0.4, 0.5) is 0 Å². The average molecular weight is 355 g/mol. The summed E-state index contributed by atoms with van der Waals surface area (Å²) in [5.74, 6) is 0. The van der Waals surface area contributed by atoms with Crippen molar-refractivity contribution in [2.45, 2.75) is 66.2 Å². The van der Waals surface area contributed by atoms with E-state index in [1.807, 2.05) is 43.3 Å². The summed E-state index contributed by atoms with van der Waals surface area (Å²) in [6.45, 7) is 8.31. The van der Waals surface area contributed by atoms with Crippen LogP contribution in [0.15, 0.2) is 59.2 Å². The molecule has 0 spiro atoms. The van der Waals surface area contributed by atoms with Crippen molar-refractivity contribution in [2.75, 3.05) is 0 Å². The van der Waals surface area contributed by atoms with Gasteiger partial charge < -0.3 is 0 Å². The first-order chi connectivity index (χ1) is 12.5. The molecule has 0 unspecified atom stereocenters. The third-order valence-corrected chi connectivity index (χ3v) is 3.82. The Morgan fingerprint density at radius 1 is 0.962 bits per heavy atom. The predicted octanol–water partition coefficient (Wildman–Crippen LogP) is 6.73. The fraction of sp³-hybridized carbons (Fsp3) is 0.417. The normalized spacial score (nSPS) is 11.2. The highest BCUT2D eigenvalue weighted by molar-refractivity contribution is 5.81. The molecule has 0 aliphatic heterocycles. The number of rotatable bonds is 10. The standard InChI is InChI=1S/C14H18O.C10H16O/c1-2-3-5-10-14(12-15)11-13-8-6-4-7-9-13;1-9(2)5-4-6-10(3)7-8-11/h4,6-9,11-12H,2-3,5,10H2,1H3;5,7-8H,4,6H2,1-3H3/b14-11-;. The van der Waals surface area contributed by atoms with E-state index in [2.05, 4.69) is 26.8 Å². The SMILES string of the molecule is CC(C)=CCCC(C)=CC=O.CCCCC/C(C=O)=C/c1ccccc1. The van der Waals surface area contributed by atoms with E-state index in [0.717, 1.165) is 55.0 Å². The van der Waals surface area contributed by atoms with Gasteiger partial charge in [-0.25, -0.2) is 0 Å². The van der Waals surface area contributed by atoms with Crippen LogP contribution < -0.4 is 0 Å². The van der Waals surface area contributed by atoms with E-state index >= 15 is 0 Å². The molecule has 26 heavy (non-hydrogen) atoms. The molecule has 0 N–H and O–H groups in total. The van der Waals surface area contributed by atoms with Gasteiger partial charge in [-0.05, 0) is 69.7 Å². The lowest BCUT2D eigenvalue weighted by Crippen LogP contribution is -1.86. The van der Waals surface area contributed by atoms with Crippen LogP contribution >= 0.6 is 0 Å². The minimum absolute atomic E-state index is 0.845. The van der Waals surface area contributed by atoms with E-state index in [0.29, 0.717) is 0 Å². The molecule has 0 bridgehead atoms. The van der Waals surface area contributed by atoms with Gasteiger partial charge in [0.1, 0.15) is 12.6 Å². The lowest BCUT2D eigenvalue weighted by atomic mass is 10.1. The molecule has 0 heterocycles. The van der Waals surface area contributed by atoms with E-state index in [1.54, 1.807) is 6.08 Å². The van der Waals surface area contributed by atoms with Gasteiger partial charge in [0.05, 0.1) is 0 Å². The number of allylic oxidation sites excluding steroid dienone is 5. The minimum atomic E-state index is 0.845. The molecule has 1 aromatic carbocycles. The van der Waals surface area contributed by atoms with Crippen molar-refractivity contribution < 1.29 is 9.59 Å². The molecule has 0 aliphatic rings. The fourth-order valence-electron chi connectivity index (χ4n) is 2.30. The zero-order valence-electron chi connectivity index (χ0n) is 16.8. The van der Waals surface area contributed by atoms with Crippen LogP contribution in [-0.2, 0) is 9.59 Å². The van der Waals surface area contributed by atoms with Gasteiger partial charge in [0.25, 0.3) is 0 Å². The number of aldehydes is 2. The van der Waals surface area contributed by atoms with Gasteiger partial charge in [-0.1, -0.05) is 67.3 Å². The van der Waals surface area contributed by atoms with Crippen LogP contribution in [0.5, 0.6) is 0 Å². The largest absolute Gasteiger partial charge is 0.299 e. The number of hydrogen-bond donors (Lipinski definition) is 0. The molecule has 142 valence electrons. The van der Waals surface area contributed by atoms with Crippen molar-refractivity contribution in [3.63, 3.8) is 0 Å². The molecule has 0 saturated carbocycles. The number of hydrogen-bond acceptors (Lipinski definition) is 2. The van der Waals surface area contributed by atoms with Crippen molar-refractivity contribution in [3.05, 3.63) is 64.8 Å². The first kappa shape index (κ1) is 23.8. The van der Waals surface area contributed by atoms with E-state index < -0.39 is 0 Å². The van der Waals surface area contributed by atoms with Crippen molar-refractivity contribution >= 4 is 18.6 Å². The number of unbranched alkanes of at least 4 members (excludes halogenated alkanes) is 2. The molecule has 0 fully saturated rings. The number of carbonyl (C=O) groups is 2. The Morgan fingerprint density at radius 3 is 2.19 bits per heavy atom. The summed E-state index contributed by atoms with van der Waals surface area (Å²) in [6, 6.07) is 9.99. The molecule has 2 heteroatoms. The molecule has 0 radical (unpaired) electrons. The van der Waals surface area contributed by atoms with Gasteiger partial charge in [-0.15, -0.1) is 0 Å². The van der Waals surface area contributed by atoms with Crippen LogP contribution in [-0.4, -0.2) is 12.6 Å². The highest BCUT2D eigenvalue weighted by Gasteiger charge is 1.96. The summed E-state index contributed by atoms with van der Waals surface area (Å²) < 4.78 is 0. The van der Waals surface area contributed by atoms with Crippen LogP contribution in [0.25, 0.3) is 6.08 Å². The van der Waals surface area contributed by atoms with Gasteiger partial charge in [0.2, 0.25) is 0 Å². The first-order valence-electron chi connectivity index (χ1n) is 9.48. The summed E-state index contributed by atoms with van der Waals surface area (Å²) in [6.07, 6.45) is 14.0. The smallest absolute Gasteiger partial charge is 0.146 e. The zero-order chi connectivity index (χ0) is 19.6. The highest BCUT2D eigenvalue weighted by Crippen LogP contribution is 2.11. The topological polar surface area (TPSA) is 34.1 Å². The molecule has 1 rings (SSSR count). The first-order valence-corrected chi connectivity index (χ1v) is 9.48. The zero-order valence-corrected chi connectivity index (χ0v) is 16.8. The van der Waals surface area contributed by atoms with E-state index in [-0.39, 0.29) is 0 Å². The molecule has 0 atom stereocenters. The van der Waals surface area contributed by atoms with Gasteiger partial charge in [-0.2, -0.15) is 0 Å². The summed E-state index contributed by atoms with van der Waals surface area (Å²) in [5.41, 5.74) is 4.49. The summed E-state index contributed by atoms with van der Waals surface area (Å²) in [7, 11) is 0. The maximum Gasteiger partial charge on any atom is 0.146 e. The van der Waals surface area contributed by atoms with Crippen molar-refractivity contribution in [1.82, 2.24) is 0 Å². The Kier molecular flexibility index (Phi) is 14.9. The highest BCUT2D eigenvalue weighted by atomic mass is 16.1. The lowest BCUT2D eigenvalue weighted by molar-refractivity contribution is -0.105. The molecular formula is C24H34O2. The fourth-order valence-corrected chi connectivity index (χ4v) is 2.30. The maximum atomic E-state index is 10.8. The van der Waals surface area contributed by atoms with Gasteiger partial charge in [0.15, 0.2) is 0 Å².